The van der Waals surface area contributed by atoms with Gasteiger partial charge in [-0.05, 0) is 31.6 Å². The number of hydrogen-bond donors (Lipinski definition) is 1. The Hall–Kier alpha value is -1.06. The lowest BCUT2D eigenvalue weighted by molar-refractivity contribution is -0.157. The molecular formula is C14H23NO3. The number of hydrogen-bond acceptors (Lipinski definition) is 2. The standard InChI is InChI=1S/C14H23NO3/c1-10-6-5-9-15(12(10)14(17)18)13(16)11-7-3-2-4-8-11/h10-12H,2-9H2,1H3,(H,17,18). The number of carbonyl (C=O) groups is 2. The van der Waals surface area contributed by atoms with E-state index in [1.54, 1.807) is 4.90 Å². The fraction of sp³-hybridized carbons (Fsp3) is 0.857. The Morgan fingerprint density at radius 2 is 1.72 bits per heavy atom. The molecule has 2 rings (SSSR count). The van der Waals surface area contributed by atoms with Crippen molar-refractivity contribution in [1.29, 1.82) is 0 Å². The zero-order valence-corrected chi connectivity index (χ0v) is 11.1. The lowest BCUT2D eigenvalue weighted by Gasteiger charge is -2.39. The molecule has 0 aromatic rings. The van der Waals surface area contributed by atoms with E-state index in [2.05, 4.69) is 0 Å². The first kappa shape index (κ1) is 13.4. The Balaban J connectivity index is 2.08. The Bertz CT molecular complexity index is 323. The van der Waals surface area contributed by atoms with Crippen LogP contribution in [0.15, 0.2) is 0 Å². The molecule has 1 heterocycles. The van der Waals surface area contributed by atoms with Crippen molar-refractivity contribution < 1.29 is 14.7 Å². The van der Waals surface area contributed by atoms with E-state index in [4.69, 9.17) is 0 Å². The van der Waals surface area contributed by atoms with Crippen molar-refractivity contribution in [2.24, 2.45) is 11.8 Å². The van der Waals surface area contributed by atoms with Gasteiger partial charge in [0.25, 0.3) is 0 Å². The summed E-state index contributed by atoms with van der Waals surface area (Å²) >= 11 is 0. The number of carbonyl (C=O) groups excluding carboxylic acids is 1. The number of likely N-dealkylation sites (tertiary alicyclic amines) is 1. The smallest absolute Gasteiger partial charge is 0.326 e. The van der Waals surface area contributed by atoms with Crippen LogP contribution in [0.5, 0.6) is 0 Å². The molecule has 1 saturated heterocycles. The number of carboxylic acids is 1. The molecule has 2 fully saturated rings. The summed E-state index contributed by atoms with van der Waals surface area (Å²) in [6.07, 6.45) is 7.15. The van der Waals surface area contributed by atoms with Crippen LogP contribution in [0.2, 0.25) is 0 Å². The average Bonchev–Trinajstić information content (AvgIpc) is 2.38. The topological polar surface area (TPSA) is 57.6 Å². The van der Waals surface area contributed by atoms with Crippen LogP contribution in [0.1, 0.15) is 51.9 Å². The Kier molecular flexibility index (Phi) is 4.25. The molecule has 102 valence electrons. The molecule has 0 radical (unpaired) electrons. The number of piperidine rings is 1. The van der Waals surface area contributed by atoms with Gasteiger partial charge >= 0.3 is 5.97 Å². The zero-order chi connectivity index (χ0) is 13.1. The second kappa shape index (κ2) is 5.72. The summed E-state index contributed by atoms with van der Waals surface area (Å²) in [6.45, 7) is 2.57. The maximum atomic E-state index is 12.5. The Morgan fingerprint density at radius 1 is 1.06 bits per heavy atom. The predicted molar refractivity (Wildman–Crippen MR) is 68.1 cm³/mol. The van der Waals surface area contributed by atoms with Gasteiger partial charge in [-0.3, -0.25) is 4.79 Å². The molecule has 1 aliphatic carbocycles. The summed E-state index contributed by atoms with van der Waals surface area (Å²) in [5.74, 6) is -0.602. The maximum absolute atomic E-state index is 12.5. The van der Waals surface area contributed by atoms with Crippen molar-refractivity contribution in [2.75, 3.05) is 6.54 Å². The number of carboxylic acid groups (broad SMARTS) is 1. The summed E-state index contributed by atoms with van der Waals surface area (Å²) in [6, 6.07) is -0.604. The molecule has 1 aliphatic heterocycles. The molecule has 2 atom stereocenters. The summed E-state index contributed by atoms with van der Waals surface area (Å²) in [4.78, 5) is 25.5. The quantitative estimate of drug-likeness (QED) is 0.821. The first-order valence-corrected chi connectivity index (χ1v) is 7.14. The fourth-order valence-electron chi connectivity index (χ4n) is 3.40. The SMILES string of the molecule is CC1CCCN(C(=O)C2CCCCC2)C1C(=O)O. The van der Waals surface area contributed by atoms with Crippen molar-refractivity contribution in [1.82, 2.24) is 4.90 Å². The third-order valence-electron chi connectivity index (χ3n) is 4.42. The predicted octanol–water partition coefficient (Wildman–Crippen LogP) is 2.28. The molecule has 1 amide bonds. The lowest BCUT2D eigenvalue weighted by Crippen LogP contribution is -2.53. The van der Waals surface area contributed by atoms with Crippen LogP contribution >= 0.6 is 0 Å². The summed E-state index contributed by atoms with van der Waals surface area (Å²) < 4.78 is 0. The van der Waals surface area contributed by atoms with Crippen molar-refractivity contribution in [3.63, 3.8) is 0 Å². The van der Waals surface area contributed by atoms with Crippen molar-refractivity contribution in [3.8, 4) is 0 Å². The lowest BCUT2D eigenvalue weighted by atomic mass is 9.85. The monoisotopic (exact) mass is 253 g/mol. The van der Waals surface area contributed by atoms with E-state index in [-0.39, 0.29) is 17.7 Å². The summed E-state index contributed by atoms with van der Waals surface area (Å²) in [5.41, 5.74) is 0. The minimum atomic E-state index is -0.841. The Morgan fingerprint density at radius 3 is 2.33 bits per heavy atom. The van der Waals surface area contributed by atoms with Gasteiger partial charge in [0.15, 0.2) is 0 Å². The first-order chi connectivity index (χ1) is 8.61. The van der Waals surface area contributed by atoms with Gasteiger partial charge in [-0.2, -0.15) is 0 Å². The molecular weight excluding hydrogens is 230 g/mol. The molecule has 4 heteroatoms. The van der Waals surface area contributed by atoms with E-state index in [9.17, 15) is 14.7 Å². The van der Waals surface area contributed by atoms with Crippen molar-refractivity contribution in [2.45, 2.75) is 57.9 Å². The molecule has 1 N–H and O–H groups in total. The fourth-order valence-corrected chi connectivity index (χ4v) is 3.40. The van der Waals surface area contributed by atoms with E-state index in [0.29, 0.717) is 6.54 Å². The largest absolute Gasteiger partial charge is 0.480 e. The van der Waals surface area contributed by atoms with E-state index in [1.165, 1.54) is 6.42 Å². The molecule has 2 unspecified atom stereocenters. The molecule has 18 heavy (non-hydrogen) atoms. The van der Waals surface area contributed by atoms with Crippen molar-refractivity contribution in [3.05, 3.63) is 0 Å². The molecule has 1 saturated carbocycles. The second-order valence-electron chi connectivity index (χ2n) is 5.77. The minimum Gasteiger partial charge on any atom is -0.480 e. The van der Waals surface area contributed by atoms with Crippen LogP contribution in [-0.2, 0) is 9.59 Å². The highest BCUT2D eigenvalue weighted by Gasteiger charge is 2.39. The van der Waals surface area contributed by atoms with Gasteiger partial charge in [0.05, 0.1) is 0 Å². The van der Waals surface area contributed by atoms with E-state index in [1.807, 2.05) is 6.92 Å². The third kappa shape index (κ3) is 2.68. The molecule has 2 aliphatic rings. The van der Waals surface area contributed by atoms with Crippen LogP contribution in [0, 0.1) is 11.8 Å². The third-order valence-corrected chi connectivity index (χ3v) is 4.42. The van der Waals surface area contributed by atoms with E-state index >= 15 is 0 Å². The molecule has 0 bridgehead atoms. The van der Waals surface area contributed by atoms with E-state index < -0.39 is 12.0 Å². The number of amides is 1. The normalized spacial score (nSPS) is 30.2. The number of aliphatic carboxylic acids is 1. The van der Waals surface area contributed by atoms with Gasteiger partial charge in [0.2, 0.25) is 5.91 Å². The van der Waals surface area contributed by atoms with Crippen LogP contribution in [0.4, 0.5) is 0 Å². The maximum Gasteiger partial charge on any atom is 0.326 e. The van der Waals surface area contributed by atoms with Gasteiger partial charge in [-0.25, -0.2) is 4.79 Å². The molecule has 4 nitrogen and oxygen atoms in total. The van der Waals surface area contributed by atoms with Crippen molar-refractivity contribution >= 4 is 11.9 Å². The average molecular weight is 253 g/mol. The highest BCUT2D eigenvalue weighted by Crippen LogP contribution is 2.30. The molecule has 0 aromatic carbocycles. The highest BCUT2D eigenvalue weighted by molar-refractivity contribution is 5.85. The van der Waals surface area contributed by atoms with Crippen LogP contribution in [-0.4, -0.2) is 34.5 Å². The minimum absolute atomic E-state index is 0.0730. The molecule has 0 spiro atoms. The van der Waals surface area contributed by atoms with Gasteiger partial charge in [0, 0.05) is 12.5 Å². The number of rotatable bonds is 2. The summed E-state index contributed by atoms with van der Waals surface area (Å²) in [5, 5.41) is 9.33. The number of nitrogens with zero attached hydrogens (tertiary/aromatic N) is 1. The van der Waals surface area contributed by atoms with Gasteiger partial charge < -0.3 is 10.0 Å². The Labute approximate surface area is 108 Å². The zero-order valence-electron chi connectivity index (χ0n) is 11.1. The first-order valence-electron chi connectivity index (χ1n) is 7.14. The van der Waals surface area contributed by atoms with Gasteiger partial charge in [0.1, 0.15) is 6.04 Å². The highest BCUT2D eigenvalue weighted by atomic mass is 16.4. The van der Waals surface area contributed by atoms with Crippen LogP contribution in [0.3, 0.4) is 0 Å². The van der Waals surface area contributed by atoms with Gasteiger partial charge in [-0.15, -0.1) is 0 Å². The van der Waals surface area contributed by atoms with Crippen LogP contribution < -0.4 is 0 Å². The second-order valence-corrected chi connectivity index (χ2v) is 5.77. The van der Waals surface area contributed by atoms with E-state index in [0.717, 1.165) is 38.5 Å². The molecule has 0 aromatic heterocycles. The van der Waals surface area contributed by atoms with Crippen LogP contribution in [0.25, 0.3) is 0 Å². The van der Waals surface area contributed by atoms with Gasteiger partial charge in [-0.1, -0.05) is 26.2 Å². The summed E-state index contributed by atoms with van der Waals surface area (Å²) in [7, 11) is 0.